The van der Waals surface area contributed by atoms with Crippen molar-refractivity contribution in [3.8, 4) is 11.5 Å². The Kier molecular flexibility index (Phi) is 3.82. The summed E-state index contributed by atoms with van der Waals surface area (Å²) >= 11 is 6.21. The van der Waals surface area contributed by atoms with Crippen molar-refractivity contribution in [1.29, 1.82) is 0 Å². The van der Waals surface area contributed by atoms with Crippen LogP contribution in [0.25, 0.3) is 0 Å². The van der Waals surface area contributed by atoms with Gasteiger partial charge in [0, 0.05) is 19.1 Å². The number of likely N-dealkylation sites (tertiary alicyclic amines) is 1. The molecule has 2 aliphatic heterocycles. The van der Waals surface area contributed by atoms with Crippen LogP contribution in [-0.2, 0) is 6.54 Å². The summed E-state index contributed by atoms with van der Waals surface area (Å²) in [6, 6.07) is 4.62. The Labute approximate surface area is 118 Å². The van der Waals surface area contributed by atoms with Gasteiger partial charge in [0.25, 0.3) is 0 Å². The van der Waals surface area contributed by atoms with Gasteiger partial charge in [-0.05, 0) is 44.1 Å². The Morgan fingerprint density at radius 3 is 3.16 bits per heavy atom. The third-order valence-corrected chi connectivity index (χ3v) is 4.09. The molecular formula is C14H19ClN2O2. The zero-order valence-electron chi connectivity index (χ0n) is 11.1. The molecule has 1 atom stereocenters. The second-order valence-corrected chi connectivity index (χ2v) is 5.58. The minimum Gasteiger partial charge on any atom is -0.454 e. The minimum absolute atomic E-state index is 0.268. The SMILES string of the molecule is CNC1CCCN(Cc2cc(Cl)c3c(c2)OCO3)C1. The maximum absolute atomic E-state index is 6.21. The summed E-state index contributed by atoms with van der Waals surface area (Å²) in [5.74, 6) is 1.45. The number of ether oxygens (including phenoxy) is 2. The van der Waals surface area contributed by atoms with Crippen molar-refractivity contribution >= 4 is 11.6 Å². The van der Waals surface area contributed by atoms with Gasteiger partial charge >= 0.3 is 0 Å². The summed E-state index contributed by atoms with van der Waals surface area (Å²) in [6.07, 6.45) is 2.50. The largest absolute Gasteiger partial charge is 0.454 e. The molecule has 2 heterocycles. The summed E-state index contributed by atoms with van der Waals surface area (Å²) in [5, 5.41) is 4.01. The lowest BCUT2D eigenvalue weighted by Crippen LogP contribution is -2.43. The van der Waals surface area contributed by atoms with Crippen molar-refractivity contribution in [3.63, 3.8) is 0 Å². The molecule has 1 N–H and O–H groups in total. The molecule has 1 aromatic rings. The average molecular weight is 283 g/mol. The third-order valence-electron chi connectivity index (χ3n) is 3.81. The maximum Gasteiger partial charge on any atom is 0.231 e. The highest BCUT2D eigenvalue weighted by Crippen LogP contribution is 2.40. The highest BCUT2D eigenvalue weighted by molar-refractivity contribution is 6.32. The van der Waals surface area contributed by atoms with Crippen LogP contribution >= 0.6 is 11.6 Å². The monoisotopic (exact) mass is 282 g/mol. The number of hydrogen-bond acceptors (Lipinski definition) is 4. The van der Waals surface area contributed by atoms with Gasteiger partial charge in [-0.15, -0.1) is 0 Å². The van der Waals surface area contributed by atoms with E-state index in [1.165, 1.54) is 18.4 Å². The Morgan fingerprint density at radius 2 is 2.32 bits per heavy atom. The molecule has 0 spiro atoms. The minimum atomic E-state index is 0.268. The number of halogens is 1. The smallest absolute Gasteiger partial charge is 0.231 e. The van der Waals surface area contributed by atoms with Crippen molar-refractivity contribution in [1.82, 2.24) is 10.2 Å². The highest BCUT2D eigenvalue weighted by atomic mass is 35.5. The summed E-state index contributed by atoms with van der Waals surface area (Å²) < 4.78 is 10.7. The molecule has 1 aromatic carbocycles. The summed E-state index contributed by atoms with van der Waals surface area (Å²) in [5.41, 5.74) is 1.19. The molecule has 0 bridgehead atoms. The van der Waals surface area contributed by atoms with Crippen LogP contribution in [0.2, 0.25) is 5.02 Å². The van der Waals surface area contributed by atoms with E-state index in [4.69, 9.17) is 21.1 Å². The van der Waals surface area contributed by atoms with E-state index in [1.807, 2.05) is 19.2 Å². The molecule has 1 unspecified atom stereocenters. The lowest BCUT2D eigenvalue weighted by molar-refractivity contribution is 0.173. The third kappa shape index (κ3) is 2.81. The first-order chi connectivity index (χ1) is 9.26. The van der Waals surface area contributed by atoms with Gasteiger partial charge in [0.1, 0.15) is 0 Å². The van der Waals surface area contributed by atoms with Gasteiger partial charge < -0.3 is 14.8 Å². The van der Waals surface area contributed by atoms with Crippen LogP contribution in [0.1, 0.15) is 18.4 Å². The van der Waals surface area contributed by atoms with Gasteiger partial charge in [-0.2, -0.15) is 0 Å². The normalized spacial score (nSPS) is 22.7. The summed E-state index contributed by atoms with van der Waals surface area (Å²) in [6.45, 7) is 3.41. The molecule has 0 aliphatic carbocycles. The number of piperidine rings is 1. The van der Waals surface area contributed by atoms with Gasteiger partial charge in [-0.3, -0.25) is 4.90 Å². The molecule has 0 amide bonds. The fourth-order valence-corrected chi connectivity index (χ4v) is 3.09. The topological polar surface area (TPSA) is 33.7 Å². The van der Waals surface area contributed by atoms with Crippen molar-refractivity contribution in [2.45, 2.75) is 25.4 Å². The van der Waals surface area contributed by atoms with E-state index in [0.29, 0.717) is 16.8 Å². The van der Waals surface area contributed by atoms with Crippen LogP contribution in [0.4, 0.5) is 0 Å². The predicted molar refractivity (Wildman–Crippen MR) is 74.9 cm³/mol. The van der Waals surface area contributed by atoms with E-state index in [0.717, 1.165) is 25.4 Å². The molecule has 5 heteroatoms. The van der Waals surface area contributed by atoms with Gasteiger partial charge in [0.15, 0.2) is 11.5 Å². The van der Waals surface area contributed by atoms with E-state index in [-0.39, 0.29) is 6.79 Å². The van der Waals surface area contributed by atoms with Crippen LogP contribution < -0.4 is 14.8 Å². The van der Waals surface area contributed by atoms with Crippen molar-refractivity contribution < 1.29 is 9.47 Å². The number of fused-ring (bicyclic) bond motifs is 1. The molecule has 1 fully saturated rings. The van der Waals surface area contributed by atoms with Gasteiger partial charge in [0.05, 0.1) is 5.02 Å². The second kappa shape index (κ2) is 5.57. The van der Waals surface area contributed by atoms with Gasteiger partial charge in [-0.1, -0.05) is 11.6 Å². The number of rotatable bonds is 3. The Bertz CT molecular complexity index is 467. The van der Waals surface area contributed by atoms with Gasteiger partial charge in [0.2, 0.25) is 6.79 Å². The average Bonchev–Trinajstić information content (AvgIpc) is 2.88. The zero-order valence-corrected chi connectivity index (χ0v) is 11.9. The molecule has 4 nitrogen and oxygen atoms in total. The van der Waals surface area contributed by atoms with E-state index in [2.05, 4.69) is 10.2 Å². The van der Waals surface area contributed by atoms with Crippen LogP contribution in [0.3, 0.4) is 0 Å². The molecule has 0 aromatic heterocycles. The number of nitrogens with zero attached hydrogens (tertiary/aromatic N) is 1. The first-order valence-electron chi connectivity index (χ1n) is 6.74. The maximum atomic E-state index is 6.21. The molecule has 0 saturated carbocycles. The zero-order chi connectivity index (χ0) is 13.2. The van der Waals surface area contributed by atoms with Crippen LogP contribution in [0, 0.1) is 0 Å². The first kappa shape index (κ1) is 13.0. The van der Waals surface area contributed by atoms with Gasteiger partial charge in [-0.25, -0.2) is 0 Å². The summed E-state index contributed by atoms with van der Waals surface area (Å²) in [7, 11) is 2.03. The fourth-order valence-electron chi connectivity index (χ4n) is 2.81. The lowest BCUT2D eigenvalue weighted by Gasteiger charge is -2.32. The molecule has 3 rings (SSSR count). The molecule has 19 heavy (non-hydrogen) atoms. The number of hydrogen-bond donors (Lipinski definition) is 1. The summed E-state index contributed by atoms with van der Waals surface area (Å²) in [4.78, 5) is 2.46. The Morgan fingerprint density at radius 1 is 1.42 bits per heavy atom. The standard InChI is InChI=1S/C14H19ClN2O2/c1-16-11-3-2-4-17(8-11)7-10-5-12(15)14-13(6-10)18-9-19-14/h5-6,11,16H,2-4,7-9H2,1H3. The van der Waals surface area contributed by atoms with E-state index >= 15 is 0 Å². The van der Waals surface area contributed by atoms with Crippen LogP contribution in [-0.4, -0.2) is 37.9 Å². The molecule has 104 valence electrons. The number of nitrogens with one attached hydrogen (secondary N) is 1. The molecule has 0 radical (unpaired) electrons. The fraction of sp³-hybridized carbons (Fsp3) is 0.571. The van der Waals surface area contributed by atoms with Crippen molar-refractivity contribution in [2.24, 2.45) is 0 Å². The van der Waals surface area contributed by atoms with Crippen molar-refractivity contribution in [2.75, 3.05) is 26.9 Å². The first-order valence-corrected chi connectivity index (χ1v) is 7.11. The second-order valence-electron chi connectivity index (χ2n) is 5.17. The molecule has 2 aliphatic rings. The van der Waals surface area contributed by atoms with E-state index in [9.17, 15) is 0 Å². The Hall–Kier alpha value is -0.970. The quantitative estimate of drug-likeness (QED) is 0.922. The van der Waals surface area contributed by atoms with Crippen molar-refractivity contribution in [3.05, 3.63) is 22.7 Å². The number of likely N-dealkylation sites (N-methyl/N-ethyl adjacent to an activating group) is 1. The lowest BCUT2D eigenvalue weighted by atomic mass is 10.0. The highest BCUT2D eigenvalue weighted by Gasteiger charge is 2.21. The van der Waals surface area contributed by atoms with E-state index < -0.39 is 0 Å². The number of benzene rings is 1. The van der Waals surface area contributed by atoms with Crippen LogP contribution in [0.5, 0.6) is 11.5 Å². The van der Waals surface area contributed by atoms with E-state index in [1.54, 1.807) is 0 Å². The molecular weight excluding hydrogens is 264 g/mol. The Balaban J connectivity index is 1.71. The predicted octanol–water partition coefficient (Wildman–Crippen LogP) is 2.25. The van der Waals surface area contributed by atoms with Crippen LogP contribution in [0.15, 0.2) is 12.1 Å². The molecule has 1 saturated heterocycles.